The molecule has 7 heteroatoms. The van der Waals surface area contributed by atoms with Crippen molar-refractivity contribution in [2.75, 3.05) is 33.3 Å². The van der Waals surface area contributed by atoms with Crippen molar-refractivity contribution in [3.63, 3.8) is 0 Å². The Hall–Kier alpha value is -2.44. The maximum Gasteiger partial charge on any atom is 0.220 e. The van der Waals surface area contributed by atoms with E-state index in [1.54, 1.807) is 7.11 Å². The molecule has 1 aromatic rings. The highest BCUT2D eigenvalue weighted by Crippen LogP contribution is 2.27. The van der Waals surface area contributed by atoms with Crippen molar-refractivity contribution in [1.82, 2.24) is 16.0 Å². The van der Waals surface area contributed by atoms with Crippen molar-refractivity contribution >= 4 is 11.9 Å². The standard InChI is InChI=1S/C22H36N4O3/c1-4-23-22(25-14-13-24-21(27)15-18-9-5-6-10-18)26-16-17(2)29-20-12-8-7-11-19(20)28-3/h7-8,11-12,17-18H,4-6,9-10,13-16H2,1-3H3,(H,24,27)(H2,23,25,26). The number of benzene rings is 1. The van der Waals surface area contributed by atoms with Gasteiger partial charge in [0.25, 0.3) is 0 Å². The van der Waals surface area contributed by atoms with E-state index in [0.29, 0.717) is 49.4 Å². The van der Waals surface area contributed by atoms with Crippen molar-refractivity contribution in [2.24, 2.45) is 10.9 Å². The summed E-state index contributed by atoms with van der Waals surface area (Å²) < 4.78 is 11.3. The molecule has 0 aliphatic heterocycles. The molecule has 3 N–H and O–H groups in total. The van der Waals surface area contributed by atoms with Crippen LogP contribution in [0.2, 0.25) is 0 Å². The topological polar surface area (TPSA) is 84.0 Å². The van der Waals surface area contributed by atoms with E-state index in [0.717, 1.165) is 6.54 Å². The fourth-order valence-corrected chi connectivity index (χ4v) is 3.46. The number of hydrogen-bond acceptors (Lipinski definition) is 4. The second-order valence-corrected chi connectivity index (χ2v) is 7.43. The molecule has 0 saturated heterocycles. The van der Waals surface area contributed by atoms with E-state index in [2.05, 4.69) is 20.9 Å². The zero-order chi connectivity index (χ0) is 20.9. The first-order chi connectivity index (χ1) is 14.1. The van der Waals surface area contributed by atoms with Gasteiger partial charge < -0.3 is 25.4 Å². The van der Waals surface area contributed by atoms with Crippen molar-refractivity contribution in [3.8, 4) is 11.5 Å². The second kappa shape index (κ2) is 12.9. The van der Waals surface area contributed by atoms with Crippen LogP contribution in [-0.4, -0.2) is 51.3 Å². The number of carbonyl (C=O) groups is 1. The molecule has 7 nitrogen and oxygen atoms in total. The number of hydrogen-bond donors (Lipinski definition) is 3. The van der Waals surface area contributed by atoms with E-state index in [1.807, 2.05) is 38.1 Å². The first kappa shape index (κ1) is 22.8. The van der Waals surface area contributed by atoms with Crippen LogP contribution >= 0.6 is 0 Å². The molecule has 2 rings (SSSR count). The number of nitrogens with one attached hydrogen (secondary N) is 3. The van der Waals surface area contributed by atoms with E-state index in [4.69, 9.17) is 9.47 Å². The fourth-order valence-electron chi connectivity index (χ4n) is 3.46. The average Bonchev–Trinajstić information content (AvgIpc) is 3.22. The predicted molar refractivity (Wildman–Crippen MR) is 117 cm³/mol. The number of ether oxygens (including phenoxy) is 2. The Balaban J connectivity index is 1.71. The lowest BCUT2D eigenvalue weighted by Crippen LogP contribution is -2.42. The summed E-state index contributed by atoms with van der Waals surface area (Å²) in [6.07, 6.45) is 5.47. The minimum atomic E-state index is -0.104. The maximum absolute atomic E-state index is 12.0. The van der Waals surface area contributed by atoms with Crippen LogP contribution in [0.5, 0.6) is 11.5 Å². The Kier molecular flexibility index (Phi) is 10.2. The van der Waals surface area contributed by atoms with Gasteiger partial charge in [-0.25, -0.2) is 4.99 Å². The van der Waals surface area contributed by atoms with Crippen LogP contribution in [0.15, 0.2) is 29.3 Å². The zero-order valence-corrected chi connectivity index (χ0v) is 18.0. The molecule has 0 radical (unpaired) electrons. The molecule has 1 aliphatic rings. The minimum absolute atomic E-state index is 0.104. The quantitative estimate of drug-likeness (QED) is 0.300. The SMILES string of the molecule is CCNC(=NCC(C)Oc1ccccc1OC)NCCNC(=O)CC1CCCC1. The van der Waals surface area contributed by atoms with Crippen LogP contribution in [0.1, 0.15) is 46.0 Å². The highest BCUT2D eigenvalue weighted by atomic mass is 16.5. The van der Waals surface area contributed by atoms with Crippen molar-refractivity contribution in [3.05, 3.63) is 24.3 Å². The maximum atomic E-state index is 12.0. The summed E-state index contributed by atoms with van der Waals surface area (Å²) in [6.45, 7) is 6.48. The third kappa shape index (κ3) is 8.62. The van der Waals surface area contributed by atoms with E-state index < -0.39 is 0 Å². The highest BCUT2D eigenvalue weighted by Gasteiger charge is 2.18. The number of rotatable bonds is 11. The number of para-hydroxylation sites is 2. The van der Waals surface area contributed by atoms with Gasteiger partial charge in [-0.2, -0.15) is 0 Å². The van der Waals surface area contributed by atoms with Crippen LogP contribution in [-0.2, 0) is 4.79 Å². The molecule has 29 heavy (non-hydrogen) atoms. The number of aliphatic imine (C=N–C) groups is 1. The summed E-state index contributed by atoms with van der Waals surface area (Å²) in [5, 5.41) is 9.47. The van der Waals surface area contributed by atoms with Gasteiger partial charge in [-0.15, -0.1) is 0 Å². The minimum Gasteiger partial charge on any atom is -0.493 e. The third-order valence-corrected chi connectivity index (χ3v) is 4.94. The van der Waals surface area contributed by atoms with Gasteiger partial charge in [-0.1, -0.05) is 25.0 Å². The van der Waals surface area contributed by atoms with E-state index in [1.165, 1.54) is 25.7 Å². The van der Waals surface area contributed by atoms with Gasteiger partial charge in [-0.3, -0.25) is 4.79 Å². The van der Waals surface area contributed by atoms with E-state index in [-0.39, 0.29) is 12.0 Å². The van der Waals surface area contributed by atoms with Gasteiger partial charge in [0.15, 0.2) is 17.5 Å². The molecule has 0 bridgehead atoms. The van der Waals surface area contributed by atoms with Crippen LogP contribution in [0, 0.1) is 5.92 Å². The largest absolute Gasteiger partial charge is 0.493 e. The van der Waals surface area contributed by atoms with Gasteiger partial charge in [-0.05, 0) is 44.7 Å². The summed E-state index contributed by atoms with van der Waals surface area (Å²) in [5.74, 6) is 2.86. The Morgan fingerprint density at radius 1 is 1.14 bits per heavy atom. The lowest BCUT2D eigenvalue weighted by atomic mass is 10.0. The molecule has 0 heterocycles. The van der Waals surface area contributed by atoms with Crippen LogP contribution in [0.3, 0.4) is 0 Å². The Morgan fingerprint density at radius 3 is 2.52 bits per heavy atom. The van der Waals surface area contributed by atoms with Crippen LogP contribution in [0.25, 0.3) is 0 Å². The lowest BCUT2D eigenvalue weighted by Gasteiger charge is -2.17. The Labute approximate surface area is 174 Å². The number of amides is 1. The number of guanidine groups is 1. The summed E-state index contributed by atoms with van der Waals surface area (Å²) in [5.41, 5.74) is 0. The van der Waals surface area contributed by atoms with Gasteiger partial charge in [0.05, 0.1) is 13.7 Å². The summed E-state index contributed by atoms with van der Waals surface area (Å²) >= 11 is 0. The zero-order valence-electron chi connectivity index (χ0n) is 18.0. The molecule has 1 amide bonds. The fraction of sp³-hybridized carbons (Fsp3) is 0.636. The van der Waals surface area contributed by atoms with E-state index >= 15 is 0 Å². The van der Waals surface area contributed by atoms with Gasteiger partial charge in [0, 0.05) is 26.1 Å². The number of methoxy groups -OCH3 is 1. The molecule has 1 unspecified atom stereocenters. The van der Waals surface area contributed by atoms with Crippen LogP contribution < -0.4 is 25.4 Å². The summed E-state index contributed by atoms with van der Waals surface area (Å²) in [6, 6.07) is 7.59. The predicted octanol–water partition coefficient (Wildman–Crippen LogP) is 2.71. The molecule has 0 spiro atoms. The summed E-state index contributed by atoms with van der Waals surface area (Å²) in [4.78, 5) is 16.6. The van der Waals surface area contributed by atoms with Gasteiger partial charge in [0.1, 0.15) is 6.10 Å². The van der Waals surface area contributed by atoms with Gasteiger partial charge in [0.2, 0.25) is 5.91 Å². The highest BCUT2D eigenvalue weighted by molar-refractivity contribution is 5.80. The molecule has 162 valence electrons. The molecule has 1 aliphatic carbocycles. The number of nitrogens with zero attached hydrogens (tertiary/aromatic N) is 1. The number of carbonyl (C=O) groups excluding carboxylic acids is 1. The molecule has 1 aromatic carbocycles. The molecule has 1 fully saturated rings. The van der Waals surface area contributed by atoms with Gasteiger partial charge >= 0.3 is 0 Å². The lowest BCUT2D eigenvalue weighted by molar-refractivity contribution is -0.121. The second-order valence-electron chi connectivity index (χ2n) is 7.43. The summed E-state index contributed by atoms with van der Waals surface area (Å²) in [7, 11) is 1.63. The monoisotopic (exact) mass is 404 g/mol. The average molecular weight is 405 g/mol. The third-order valence-electron chi connectivity index (χ3n) is 4.94. The Morgan fingerprint density at radius 2 is 1.83 bits per heavy atom. The smallest absolute Gasteiger partial charge is 0.220 e. The van der Waals surface area contributed by atoms with E-state index in [9.17, 15) is 4.79 Å². The molecule has 1 atom stereocenters. The Bertz CT molecular complexity index is 645. The molecule has 0 aromatic heterocycles. The van der Waals surface area contributed by atoms with Crippen molar-refractivity contribution in [1.29, 1.82) is 0 Å². The van der Waals surface area contributed by atoms with Crippen molar-refractivity contribution in [2.45, 2.75) is 52.1 Å². The molecule has 1 saturated carbocycles. The van der Waals surface area contributed by atoms with Crippen LogP contribution in [0.4, 0.5) is 0 Å². The van der Waals surface area contributed by atoms with Crippen molar-refractivity contribution < 1.29 is 14.3 Å². The first-order valence-electron chi connectivity index (χ1n) is 10.7. The molecular weight excluding hydrogens is 368 g/mol. The first-order valence-corrected chi connectivity index (χ1v) is 10.7. The normalized spacial score (nSPS) is 15.6. The molecular formula is C22H36N4O3.